The van der Waals surface area contributed by atoms with Gasteiger partial charge in [0.1, 0.15) is 0 Å². The number of benzene rings is 1. The number of hydrogen-bond acceptors (Lipinski definition) is 2. The Labute approximate surface area is 127 Å². The normalized spacial score (nSPS) is 12.8. The highest BCUT2D eigenvalue weighted by Crippen LogP contribution is 2.39. The standard InChI is InChI=1S/C15H25N4OP/c1-4-5-14(11-16)8-9-19(21(17,18)20)15-7-6-12(2)10-13(15)3/h6-7,10,14H,4-5,8-9H2,1-3H3,(H4,17,18,20). The fourth-order valence-corrected chi connectivity index (χ4v) is 3.43. The molecule has 0 bridgehead atoms. The average Bonchev–Trinajstić information content (AvgIpc) is 2.38. The fraction of sp³-hybridized carbons (Fsp3) is 0.533. The summed E-state index contributed by atoms with van der Waals surface area (Å²) < 4.78 is 13.8. The van der Waals surface area contributed by atoms with Gasteiger partial charge in [0.05, 0.1) is 6.07 Å². The van der Waals surface area contributed by atoms with Crippen LogP contribution in [0.15, 0.2) is 18.2 Å². The van der Waals surface area contributed by atoms with Crippen LogP contribution in [0.2, 0.25) is 0 Å². The molecule has 1 aromatic carbocycles. The molecule has 1 atom stereocenters. The van der Waals surface area contributed by atoms with Crippen LogP contribution >= 0.6 is 7.59 Å². The lowest BCUT2D eigenvalue weighted by Gasteiger charge is -2.30. The van der Waals surface area contributed by atoms with Crippen LogP contribution in [0, 0.1) is 31.1 Å². The summed E-state index contributed by atoms with van der Waals surface area (Å²) in [6, 6.07) is 8.12. The Balaban J connectivity index is 2.97. The minimum atomic E-state index is -3.40. The number of rotatable bonds is 7. The first kappa shape index (κ1) is 17.7. The molecule has 0 aliphatic carbocycles. The Hall–Kier alpha value is -1.34. The van der Waals surface area contributed by atoms with Gasteiger partial charge in [0.25, 0.3) is 0 Å². The van der Waals surface area contributed by atoms with Crippen molar-refractivity contribution in [1.29, 1.82) is 5.26 Å². The molecule has 1 rings (SSSR count). The summed E-state index contributed by atoms with van der Waals surface area (Å²) in [5.41, 5.74) is 14.3. The van der Waals surface area contributed by atoms with Crippen LogP contribution in [0.4, 0.5) is 5.69 Å². The third-order valence-corrected chi connectivity index (χ3v) is 4.69. The molecule has 0 saturated carbocycles. The number of aryl methyl sites for hydroxylation is 2. The molecule has 0 aliphatic heterocycles. The molecule has 0 aliphatic rings. The lowest BCUT2D eigenvalue weighted by molar-refractivity contribution is 0.543. The summed E-state index contributed by atoms with van der Waals surface area (Å²) in [6.07, 6.45) is 2.39. The molecule has 5 nitrogen and oxygen atoms in total. The molecule has 1 aromatic rings. The van der Waals surface area contributed by atoms with Crippen molar-refractivity contribution in [3.8, 4) is 6.07 Å². The Morgan fingerprint density at radius 1 is 1.33 bits per heavy atom. The summed E-state index contributed by atoms with van der Waals surface area (Å²) in [5, 5.41) is 9.13. The van der Waals surface area contributed by atoms with Gasteiger partial charge in [-0.15, -0.1) is 0 Å². The summed E-state index contributed by atoms with van der Waals surface area (Å²) in [4.78, 5) is 0. The fourth-order valence-electron chi connectivity index (χ4n) is 2.44. The maximum Gasteiger partial charge on any atom is 0.300 e. The second-order valence-electron chi connectivity index (χ2n) is 5.49. The second kappa shape index (κ2) is 7.61. The maximum absolute atomic E-state index is 12.2. The van der Waals surface area contributed by atoms with E-state index >= 15 is 0 Å². The van der Waals surface area contributed by atoms with E-state index in [4.69, 9.17) is 16.3 Å². The first-order chi connectivity index (χ1) is 9.79. The van der Waals surface area contributed by atoms with Crippen molar-refractivity contribution in [1.82, 2.24) is 0 Å². The van der Waals surface area contributed by atoms with Gasteiger partial charge < -0.3 is 0 Å². The summed E-state index contributed by atoms with van der Waals surface area (Å²) >= 11 is 0. The number of nitrogens with zero attached hydrogens (tertiary/aromatic N) is 2. The number of anilines is 1. The zero-order valence-corrected chi connectivity index (χ0v) is 13.9. The van der Waals surface area contributed by atoms with Crippen LogP contribution in [-0.4, -0.2) is 6.54 Å². The minimum absolute atomic E-state index is 0.0604. The molecule has 1 unspecified atom stereocenters. The lowest BCUT2D eigenvalue weighted by Crippen LogP contribution is -2.31. The van der Waals surface area contributed by atoms with Crippen LogP contribution in [0.25, 0.3) is 0 Å². The highest BCUT2D eigenvalue weighted by Gasteiger charge is 2.24. The van der Waals surface area contributed by atoms with Gasteiger partial charge in [0, 0.05) is 18.2 Å². The zero-order valence-electron chi connectivity index (χ0n) is 13.0. The van der Waals surface area contributed by atoms with E-state index in [1.54, 1.807) is 4.67 Å². The predicted molar refractivity (Wildman–Crippen MR) is 87.9 cm³/mol. The largest absolute Gasteiger partial charge is 0.300 e. The molecular formula is C15H25N4OP. The van der Waals surface area contributed by atoms with E-state index in [1.165, 1.54) is 0 Å². The summed E-state index contributed by atoms with van der Waals surface area (Å²) in [6.45, 7) is 6.41. The quantitative estimate of drug-likeness (QED) is 0.752. The highest BCUT2D eigenvalue weighted by molar-refractivity contribution is 7.60. The van der Waals surface area contributed by atoms with Crippen molar-refractivity contribution >= 4 is 13.3 Å². The van der Waals surface area contributed by atoms with Crippen molar-refractivity contribution in [2.45, 2.75) is 40.0 Å². The van der Waals surface area contributed by atoms with E-state index in [0.29, 0.717) is 13.0 Å². The molecule has 21 heavy (non-hydrogen) atoms. The van der Waals surface area contributed by atoms with Gasteiger partial charge in [-0.25, -0.2) is 0 Å². The van der Waals surface area contributed by atoms with Gasteiger partial charge in [-0.1, -0.05) is 31.0 Å². The van der Waals surface area contributed by atoms with E-state index in [2.05, 4.69) is 6.07 Å². The van der Waals surface area contributed by atoms with Crippen LogP contribution in [0.1, 0.15) is 37.3 Å². The average molecular weight is 308 g/mol. The highest BCUT2D eigenvalue weighted by atomic mass is 31.2. The van der Waals surface area contributed by atoms with Crippen LogP contribution in [0.3, 0.4) is 0 Å². The van der Waals surface area contributed by atoms with Crippen molar-refractivity contribution < 1.29 is 4.57 Å². The molecule has 6 heteroatoms. The van der Waals surface area contributed by atoms with Gasteiger partial charge in [0.15, 0.2) is 0 Å². The predicted octanol–water partition coefficient (Wildman–Crippen LogP) is 3.47. The van der Waals surface area contributed by atoms with Gasteiger partial charge in [-0.2, -0.15) is 5.26 Å². The van der Waals surface area contributed by atoms with Gasteiger partial charge >= 0.3 is 7.59 Å². The van der Waals surface area contributed by atoms with Crippen LogP contribution < -0.4 is 15.7 Å². The van der Waals surface area contributed by atoms with Crippen molar-refractivity contribution in [2.75, 3.05) is 11.2 Å². The minimum Gasteiger partial charge on any atom is -0.299 e. The van der Waals surface area contributed by atoms with E-state index in [1.807, 2.05) is 39.0 Å². The molecule has 0 saturated heterocycles. The third-order valence-electron chi connectivity index (χ3n) is 3.52. The van der Waals surface area contributed by atoms with E-state index < -0.39 is 7.59 Å². The number of hydrogen-bond donors (Lipinski definition) is 2. The molecule has 4 N–H and O–H groups in total. The molecular weight excluding hydrogens is 283 g/mol. The number of nitrogens with two attached hydrogens (primary N) is 2. The maximum atomic E-state index is 12.2. The van der Waals surface area contributed by atoms with Crippen LogP contribution in [-0.2, 0) is 4.57 Å². The van der Waals surface area contributed by atoms with Gasteiger partial charge in [0.2, 0.25) is 0 Å². The second-order valence-corrected chi connectivity index (χ2v) is 7.32. The van der Waals surface area contributed by atoms with E-state index in [-0.39, 0.29) is 5.92 Å². The molecule has 116 valence electrons. The monoisotopic (exact) mass is 308 g/mol. The van der Waals surface area contributed by atoms with Crippen molar-refractivity contribution in [3.05, 3.63) is 29.3 Å². The number of nitriles is 1. The summed E-state index contributed by atoms with van der Waals surface area (Å²) in [7, 11) is -3.40. The Bertz CT molecular complexity index is 561. The molecule has 0 spiro atoms. The van der Waals surface area contributed by atoms with Gasteiger partial charge in [-0.3, -0.25) is 20.2 Å². The Morgan fingerprint density at radius 2 is 2.00 bits per heavy atom. The molecule has 0 radical (unpaired) electrons. The molecule has 0 amide bonds. The smallest absolute Gasteiger partial charge is 0.299 e. The lowest BCUT2D eigenvalue weighted by atomic mass is 10.0. The van der Waals surface area contributed by atoms with E-state index in [0.717, 1.165) is 29.7 Å². The Morgan fingerprint density at radius 3 is 2.48 bits per heavy atom. The molecule has 0 heterocycles. The van der Waals surface area contributed by atoms with Crippen LogP contribution in [0.5, 0.6) is 0 Å². The first-order valence-corrected chi connectivity index (χ1v) is 9.01. The van der Waals surface area contributed by atoms with Crippen molar-refractivity contribution in [2.24, 2.45) is 16.9 Å². The zero-order chi connectivity index (χ0) is 16.0. The van der Waals surface area contributed by atoms with Crippen molar-refractivity contribution in [3.63, 3.8) is 0 Å². The molecule has 0 aromatic heterocycles. The molecule has 0 fully saturated rings. The first-order valence-electron chi connectivity index (χ1n) is 7.21. The summed E-state index contributed by atoms with van der Waals surface area (Å²) in [5.74, 6) is -0.0604. The Kier molecular flexibility index (Phi) is 6.42. The topological polar surface area (TPSA) is 96.1 Å². The van der Waals surface area contributed by atoms with Gasteiger partial charge in [-0.05, 0) is 38.3 Å². The SMILES string of the molecule is CCCC(C#N)CCN(c1ccc(C)cc1C)P(N)(N)=O. The third kappa shape index (κ3) is 5.17. The van der Waals surface area contributed by atoms with E-state index in [9.17, 15) is 4.57 Å².